The molecule has 1 aromatic rings. The Labute approximate surface area is 115 Å². The van der Waals surface area contributed by atoms with Crippen molar-refractivity contribution in [3.63, 3.8) is 0 Å². The highest BCUT2D eigenvalue weighted by atomic mass is 16.5. The molecule has 0 aliphatic heterocycles. The maximum Gasteiger partial charge on any atom is 0.127 e. The Morgan fingerprint density at radius 1 is 1.26 bits per heavy atom. The van der Waals surface area contributed by atoms with Gasteiger partial charge in [-0.1, -0.05) is 13.0 Å². The highest BCUT2D eigenvalue weighted by Gasteiger charge is 2.05. The molecule has 0 amide bonds. The van der Waals surface area contributed by atoms with Crippen LogP contribution < -0.4 is 14.8 Å². The van der Waals surface area contributed by atoms with Crippen molar-refractivity contribution in [3.8, 4) is 17.6 Å². The maximum atomic E-state index is 8.51. The first-order valence-electron chi connectivity index (χ1n) is 6.72. The normalized spacial score (nSPS) is 9.95. The summed E-state index contributed by atoms with van der Waals surface area (Å²) in [6.45, 7) is 4.09. The molecule has 1 rings (SSSR count). The van der Waals surface area contributed by atoms with E-state index < -0.39 is 0 Å². The zero-order chi connectivity index (χ0) is 13.9. The maximum absolute atomic E-state index is 8.51. The predicted molar refractivity (Wildman–Crippen MR) is 75.3 cm³/mol. The van der Waals surface area contributed by atoms with Gasteiger partial charge in [0.15, 0.2) is 0 Å². The van der Waals surface area contributed by atoms with Gasteiger partial charge in [0.05, 0.1) is 19.3 Å². The first kappa shape index (κ1) is 15.3. The fourth-order valence-corrected chi connectivity index (χ4v) is 1.65. The Balaban J connectivity index is 2.68. The second-order valence-corrected chi connectivity index (χ2v) is 4.26. The Hall–Kier alpha value is -1.73. The molecule has 0 aromatic heterocycles. The summed E-state index contributed by atoms with van der Waals surface area (Å²) in [7, 11) is 1.90. The van der Waals surface area contributed by atoms with Gasteiger partial charge in [0, 0.05) is 24.6 Å². The number of rotatable bonds is 9. The number of ether oxygens (including phenoxy) is 2. The van der Waals surface area contributed by atoms with Crippen molar-refractivity contribution in [2.45, 2.75) is 32.7 Å². The molecule has 0 unspecified atom stereocenters. The summed E-state index contributed by atoms with van der Waals surface area (Å²) in [6.07, 6.45) is 2.25. The second-order valence-electron chi connectivity index (χ2n) is 4.26. The smallest absolute Gasteiger partial charge is 0.127 e. The minimum absolute atomic E-state index is 0.521. The van der Waals surface area contributed by atoms with Crippen molar-refractivity contribution in [1.29, 1.82) is 5.26 Å². The molecular formula is C15H22N2O2. The average Bonchev–Trinajstić information content (AvgIpc) is 2.43. The lowest BCUT2D eigenvalue weighted by Crippen LogP contribution is -2.08. The van der Waals surface area contributed by atoms with Crippen LogP contribution in [-0.2, 0) is 6.54 Å². The summed E-state index contributed by atoms with van der Waals surface area (Å²) in [5.41, 5.74) is 1.10. The molecule has 1 aromatic carbocycles. The minimum Gasteiger partial charge on any atom is -0.493 e. The van der Waals surface area contributed by atoms with E-state index in [4.69, 9.17) is 14.7 Å². The SMILES string of the molecule is CCCOc1ccc(CNC)c(OCCCC#N)c1. The topological polar surface area (TPSA) is 54.3 Å². The van der Waals surface area contributed by atoms with Gasteiger partial charge in [-0.2, -0.15) is 5.26 Å². The third kappa shape index (κ3) is 5.62. The molecule has 0 saturated heterocycles. The predicted octanol–water partition coefficient (Wildman–Crippen LogP) is 2.88. The van der Waals surface area contributed by atoms with Gasteiger partial charge in [-0.15, -0.1) is 0 Å². The highest BCUT2D eigenvalue weighted by Crippen LogP contribution is 2.25. The highest BCUT2D eigenvalue weighted by molar-refractivity contribution is 5.40. The van der Waals surface area contributed by atoms with E-state index in [0.717, 1.165) is 36.4 Å². The van der Waals surface area contributed by atoms with Crippen molar-refractivity contribution in [1.82, 2.24) is 5.32 Å². The fraction of sp³-hybridized carbons (Fsp3) is 0.533. The van der Waals surface area contributed by atoms with Gasteiger partial charge >= 0.3 is 0 Å². The summed E-state index contributed by atoms with van der Waals surface area (Å²) in [5, 5.41) is 11.6. The number of nitrogens with one attached hydrogen (secondary N) is 1. The van der Waals surface area contributed by atoms with Crippen LogP contribution in [0.3, 0.4) is 0 Å². The van der Waals surface area contributed by atoms with Crippen LogP contribution >= 0.6 is 0 Å². The molecule has 4 nitrogen and oxygen atoms in total. The van der Waals surface area contributed by atoms with Crippen LogP contribution in [0.25, 0.3) is 0 Å². The lowest BCUT2D eigenvalue weighted by Gasteiger charge is -2.13. The molecule has 0 aliphatic carbocycles. The van der Waals surface area contributed by atoms with Crippen molar-refractivity contribution >= 4 is 0 Å². The lowest BCUT2D eigenvalue weighted by molar-refractivity contribution is 0.296. The molecule has 4 heteroatoms. The summed E-state index contributed by atoms with van der Waals surface area (Å²) < 4.78 is 11.3. The molecule has 0 heterocycles. The molecule has 19 heavy (non-hydrogen) atoms. The first-order chi connectivity index (χ1) is 9.31. The van der Waals surface area contributed by atoms with Gasteiger partial charge in [0.25, 0.3) is 0 Å². The van der Waals surface area contributed by atoms with Crippen molar-refractivity contribution in [2.75, 3.05) is 20.3 Å². The van der Waals surface area contributed by atoms with Crippen LogP contribution in [0.5, 0.6) is 11.5 Å². The van der Waals surface area contributed by atoms with Gasteiger partial charge in [0.1, 0.15) is 11.5 Å². The lowest BCUT2D eigenvalue weighted by atomic mass is 10.2. The van der Waals surface area contributed by atoms with E-state index in [-0.39, 0.29) is 0 Å². The van der Waals surface area contributed by atoms with Crippen LogP contribution in [-0.4, -0.2) is 20.3 Å². The van der Waals surface area contributed by atoms with E-state index in [9.17, 15) is 0 Å². The Kier molecular flexibility index (Phi) is 7.45. The number of nitriles is 1. The summed E-state index contributed by atoms with van der Waals surface area (Å²) >= 11 is 0. The molecule has 0 spiro atoms. The number of hydrogen-bond acceptors (Lipinski definition) is 4. The molecule has 0 radical (unpaired) electrons. The van der Waals surface area contributed by atoms with Gasteiger partial charge in [-0.3, -0.25) is 0 Å². The zero-order valence-corrected chi connectivity index (χ0v) is 11.7. The van der Waals surface area contributed by atoms with E-state index in [1.54, 1.807) is 0 Å². The largest absolute Gasteiger partial charge is 0.493 e. The van der Waals surface area contributed by atoms with E-state index in [1.165, 1.54) is 0 Å². The van der Waals surface area contributed by atoms with Gasteiger partial charge in [-0.25, -0.2) is 0 Å². The van der Waals surface area contributed by atoms with E-state index in [0.29, 0.717) is 19.6 Å². The third-order valence-electron chi connectivity index (χ3n) is 2.57. The van der Waals surface area contributed by atoms with E-state index in [1.807, 2.05) is 25.2 Å². The molecule has 0 saturated carbocycles. The molecule has 0 bridgehead atoms. The number of unbranched alkanes of at least 4 members (excludes halogenated alkanes) is 1. The zero-order valence-electron chi connectivity index (χ0n) is 11.7. The van der Waals surface area contributed by atoms with Crippen molar-refractivity contribution in [3.05, 3.63) is 23.8 Å². The van der Waals surface area contributed by atoms with E-state index >= 15 is 0 Å². The molecule has 0 atom stereocenters. The van der Waals surface area contributed by atoms with Crippen LogP contribution in [0.4, 0.5) is 0 Å². The Morgan fingerprint density at radius 2 is 2.11 bits per heavy atom. The van der Waals surface area contributed by atoms with Crippen LogP contribution in [0, 0.1) is 11.3 Å². The monoisotopic (exact) mass is 262 g/mol. The number of nitrogens with zero attached hydrogens (tertiary/aromatic N) is 1. The standard InChI is InChI=1S/C15H22N2O2/c1-3-9-18-14-7-6-13(12-17-2)15(11-14)19-10-5-4-8-16/h6-7,11,17H,3-5,9-10,12H2,1-2H3. The van der Waals surface area contributed by atoms with E-state index in [2.05, 4.69) is 18.3 Å². The molecule has 104 valence electrons. The first-order valence-corrected chi connectivity index (χ1v) is 6.72. The molecule has 1 N–H and O–H groups in total. The number of hydrogen-bond donors (Lipinski definition) is 1. The van der Waals surface area contributed by atoms with Gasteiger partial charge in [-0.05, 0) is 26.0 Å². The second kappa shape index (κ2) is 9.23. The molecule has 0 fully saturated rings. The Bertz CT molecular complexity index is 413. The Morgan fingerprint density at radius 3 is 2.79 bits per heavy atom. The third-order valence-corrected chi connectivity index (χ3v) is 2.57. The molecule has 0 aliphatic rings. The quantitative estimate of drug-likeness (QED) is 0.695. The number of benzene rings is 1. The van der Waals surface area contributed by atoms with Crippen LogP contribution in [0.1, 0.15) is 31.7 Å². The van der Waals surface area contributed by atoms with Gasteiger partial charge < -0.3 is 14.8 Å². The average molecular weight is 262 g/mol. The van der Waals surface area contributed by atoms with Crippen molar-refractivity contribution in [2.24, 2.45) is 0 Å². The summed E-state index contributed by atoms with van der Waals surface area (Å²) in [5.74, 6) is 1.66. The van der Waals surface area contributed by atoms with Crippen molar-refractivity contribution < 1.29 is 9.47 Å². The molecular weight excluding hydrogens is 240 g/mol. The van der Waals surface area contributed by atoms with Gasteiger partial charge in [0.2, 0.25) is 0 Å². The summed E-state index contributed by atoms with van der Waals surface area (Å²) in [6, 6.07) is 8.02. The summed E-state index contributed by atoms with van der Waals surface area (Å²) in [4.78, 5) is 0. The fourth-order valence-electron chi connectivity index (χ4n) is 1.65. The minimum atomic E-state index is 0.521. The van der Waals surface area contributed by atoms with Crippen LogP contribution in [0.15, 0.2) is 18.2 Å². The van der Waals surface area contributed by atoms with Crippen LogP contribution in [0.2, 0.25) is 0 Å².